The lowest BCUT2D eigenvalue weighted by molar-refractivity contribution is 0.975. The second kappa shape index (κ2) is 3.79. The minimum atomic E-state index is 0.717. The van der Waals surface area contributed by atoms with E-state index in [1.54, 1.807) is 12.7 Å². The van der Waals surface area contributed by atoms with Crippen molar-refractivity contribution in [1.82, 2.24) is 19.9 Å². The first-order chi connectivity index (χ1) is 7.84. The Bertz CT molecular complexity index is 547. The average molecular weight is 233 g/mol. The van der Waals surface area contributed by atoms with Crippen LogP contribution in [0.4, 0.5) is 5.82 Å². The monoisotopic (exact) mass is 233 g/mol. The number of aromatic amines is 1. The van der Waals surface area contributed by atoms with Crippen molar-refractivity contribution in [2.45, 2.75) is 6.92 Å². The first-order valence-corrected chi connectivity index (χ1v) is 6.05. The maximum Gasteiger partial charge on any atom is 0.182 e. The summed E-state index contributed by atoms with van der Waals surface area (Å²) in [5.41, 5.74) is 1.62. The van der Waals surface area contributed by atoms with E-state index in [4.69, 9.17) is 0 Å². The fourth-order valence-corrected chi connectivity index (χ4v) is 2.58. The van der Waals surface area contributed by atoms with E-state index >= 15 is 0 Å². The third-order valence-corrected chi connectivity index (χ3v) is 3.42. The van der Waals surface area contributed by atoms with Gasteiger partial charge in [-0.15, -0.1) is 11.8 Å². The molecule has 0 radical (unpaired) electrons. The van der Waals surface area contributed by atoms with Crippen molar-refractivity contribution in [3.05, 3.63) is 23.8 Å². The molecule has 2 aromatic rings. The fraction of sp³-hybridized carbons (Fsp3) is 0.300. The predicted molar refractivity (Wildman–Crippen MR) is 65.2 cm³/mol. The zero-order valence-electron chi connectivity index (χ0n) is 8.84. The number of nitrogens with zero attached hydrogens (tertiary/aromatic N) is 4. The van der Waals surface area contributed by atoms with Gasteiger partial charge in [0.2, 0.25) is 0 Å². The van der Waals surface area contributed by atoms with Gasteiger partial charge < -0.3 is 9.88 Å². The molecule has 2 aromatic heterocycles. The Morgan fingerprint density at radius 1 is 1.38 bits per heavy atom. The Morgan fingerprint density at radius 3 is 3.19 bits per heavy atom. The summed E-state index contributed by atoms with van der Waals surface area (Å²) in [6, 6.07) is 0. The molecule has 1 N–H and O–H groups in total. The van der Waals surface area contributed by atoms with Crippen molar-refractivity contribution in [3.8, 4) is 0 Å². The lowest BCUT2D eigenvalue weighted by atomic mass is 10.4. The molecule has 0 aliphatic carbocycles. The lowest BCUT2D eigenvalue weighted by Gasteiger charge is -2.24. The molecule has 0 unspecified atom stereocenters. The van der Waals surface area contributed by atoms with Crippen LogP contribution < -0.4 is 4.90 Å². The normalized spacial score (nSPS) is 16.6. The predicted octanol–water partition coefficient (Wildman–Crippen LogP) is 1.77. The highest BCUT2D eigenvalue weighted by Crippen LogP contribution is 2.27. The minimum absolute atomic E-state index is 0.717. The zero-order valence-corrected chi connectivity index (χ0v) is 9.66. The molecular weight excluding hydrogens is 222 g/mol. The molecule has 6 heteroatoms. The third-order valence-electron chi connectivity index (χ3n) is 2.47. The van der Waals surface area contributed by atoms with Gasteiger partial charge in [-0.05, 0) is 11.8 Å². The van der Waals surface area contributed by atoms with Gasteiger partial charge in [-0.1, -0.05) is 0 Å². The van der Waals surface area contributed by atoms with E-state index in [0.717, 1.165) is 23.6 Å². The average Bonchev–Trinajstić information content (AvgIpc) is 2.76. The van der Waals surface area contributed by atoms with Crippen LogP contribution in [-0.2, 0) is 0 Å². The van der Waals surface area contributed by atoms with Gasteiger partial charge in [0.1, 0.15) is 11.8 Å². The first kappa shape index (κ1) is 9.65. The number of allylic oxidation sites excluding steroid dienone is 1. The highest BCUT2D eigenvalue weighted by molar-refractivity contribution is 8.03. The molecule has 0 amide bonds. The number of rotatable bonds is 1. The second-order valence-electron chi connectivity index (χ2n) is 3.58. The molecule has 0 aromatic carbocycles. The molecular formula is C10H11N5S. The topological polar surface area (TPSA) is 57.7 Å². The molecule has 1 aliphatic rings. The Balaban J connectivity index is 2.11. The number of aromatic nitrogens is 4. The molecule has 0 bridgehead atoms. The molecule has 0 saturated heterocycles. The van der Waals surface area contributed by atoms with Gasteiger partial charge in [0.15, 0.2) is 11.5 Å². The molecule has 0 spiro atoms. The summed E-state index contributed by atoms with van der Waals surface area (Å²) in [5.74, 6) is 1.99. The lowest BCUT2D eigenvalue weighted by Crippen LogP contribution is -2.24. The molecule has 16 heavy (non-hydrogen) atoms. The van der Waals surface area contributed by atoms with Crippen molar-refractivity contribution in [3.63, 3.8) is 0 Å². The van der Waals surface area contributed by atoms with Gasteiger partial charge in [-0.2, -0.15) is 0 Å². The van der Waals surface area contributed by atoms with Gasteiger partial charge >= 0.3 is 0 Å². The second-order valence-corrected chi connectivity index (χ2v) is 4.92. The van der Waals surface area contributed by atoms with Gasteiger partial charge in [0.25, 0.3) is 0 Å². The maximum absolute atomic E-state index is 4.33. The van der Waals surface area contributed by atoms with Gasteiger partial charge in [0, 0.05) is 18.5 Å². The van der Waals surface area contributed by atoms with Gasteiger partial charge in [-0.25, -0.2) is 15.0 Å². The van der Waals surface area contributed by atoms with Crippen molar-refractivity contribution in [1.29, 1.82) is 0 Å². The number of anilines is 1. The molecule has 5 nitrogen and oxygen atoms in total. The third kappa shape index (κ3) is 1.55. The Morgan fingerprint density at radius 2 is 2.31 bits per heavy atom. The molecule has 3 heterocycles. The summed E-state index contributed by atoms with van der Waals surface area (Å²) in [4.78, 5) is 19.1. The number of nitrogens with one attached hydrogen (secondary N) is 1. The van der Waals surface area contributed by atoms with Crippen LogP contribution in [-0.4, -0.2) is 32.2 Å². The van der Waals surface area contributed by atoms with Crippen LogP contribution in [0.2, 0.25) is 0 Å². The maximum atomic E-state index is 4.33. The van der Waals surface area contributed by atoms with Gasteiger partial charge in [0.05, 0.1) is 6.33 Å². The van der Waals surface area contributed by atoms with Crippen molar-refractivity contribution in [2.75, 3.05) is 17.2 Å². The number of H-pyrrole nitrogens is 1. The standard InChI is InChI=1S/C10H11N5S/c1-7-4-15(2-3-16-7)10-8-9(12-5-11-8)13-6-14-10/h4-6H,2-3H2,1H3,(H,11,12,13,14). The van der Waals surface area contributed by atoms with E-state index in [9.17, 15) is 0 Å². The van der Waals surface area contributed by atoms with E-state index in [-0.39, 0.29) is 0 Å². The van der Waals surface area contributed by atoms with E-state index in [1.165, 1.54) is 4.91 Å². The SMILES string of the molecule is CC1=CN(c2ncnc3nc[nH]c23)CCS1. The highest BCUT2D eigenvalue weighted by Gasteiger charge is 2.15. The van der Waals surface area contributed by atoms with Crippen LogP contribution in [0.1, 0.15) is 6.92 Å². The van der Waals surface area contributed by atoms with Crippen LogP contribution in [0.25, 0.3) is 11.2 Å². The smallest absolute Gasteiger partial charge is 0.182 e. The number of hydrogen-bond acceptors (Lipinski definition) is 5. The number of hydrogen-bond donors (Lipinski definition) is 1. The largest absolute Gasteiger partial charge is 0.340 e. The molecule has 3 rings (SSSR count). The summed E-state index contributed by atoms with van der Waals surface area (Å²) in [7, 11) is 0. The molecule has 0 fully saturated rings. The van der Waals surface area contributed by atoms with Crippen LogP contribution in [0.5, 0.6) is 0 Å². The quantitative estimate of drug-likeness (QED) is 0.813. The van der Waals surface area contributed by atoms with Crippen LogP contribution in [0.3, 0.4) is 0 Å². The number of fused-ring (bicyclic) bond motifs is 1. The van der Waals surface area contributed by atoms with E-state index in [1.807, 2.05) is 11.8 Å². The molecule has 82 valence electrons. The van der Waals surface area contributed by atoms with Crippen molar-refractivity contribution < 1.29 is 0 Å². The summed E-state index contributed by atoms with van der Waals surface area (Å²) in [6.45, 7) is 3.08. The molecule has 0 saturated carbocycles. The molecule has 0 atom stereocenters. The van der Waals surface area contributed by atoms with Crippen LogP contribution in [0.15, 0.2) is 23.8 Å². The number of thioether (sulfide) groups is 1. The van der Waals surface area contributed by atoms with Crippen molar-refractivity contribution >= 4 is 28.7 Å². The molecule has 1 aliphatic heterocycles. The Hall–Kier alpha value is -1.56. The van der Waals surface area contributed by atoms with Crippen LogP contribution >= 0.6 is 11.8 Å². The van der Waals surface area contributed by atoms with E-state index in [0.29, 0.717) is 5.65 Å². The summed E-state index contributed by atoms with van der Waals surface area (Å²) >= 11 is 1.87. The van der Waals surface area contributed by atoms with E-state index < -0.39 is 0 Å². The zero-order chi connectivity index (χ0) is 11.0. The Labute approximate surface area is 97.0 Å². The van der Waals surface area contributed by atoms with Gasteiger partial charge in [-0.3, -0.25) is 0 Å². The number of imidazole rings is 1. The highest BCUT2D eigenvalue weighted by atomic mass is 32.2. The summed E-state index contributed by atoms with van der Waals surface area (Å²) < 4.78 is 0. The fourth-order valence-electron chi connectivity index (χ4n) is 1.76. The summed E-state index contributed by atoms with van der Waals surface area (Å²) in [5, 5.41) is 0. The minimum Gasteiger partial charge on any atom is -0.340 e. The van der Waals surface area contributed by atoms with Crippen molar-refractivity contribution in [2.24, 2.45) is 0 Å². The first-order valence-electron chi connectivity index (χ1n) is 5.06. The Kier molecular flexibility index (Phi) is 2.28. The van der Waals surface area contributed by atoms with E-state index in [2.05, 4.69) is 38.0 Å². The van der Waals surface area contributed by atoms with Crippen LogP contribution in [0, 0.1) is 0 Å². The summed E-state index contributed by atoms with van der Waals surface area (Å²) in [6.07, 6.45) is 5.33.